The van der Waals surface area contributed by atoms with E-state index in [2.05, 4.69) is 9.55 Å². The van der Waals surface area contributed by atoms with Crippen LogP contribution in [0.1, 0.15) is 29.6 Å². The van der Waals surface area contributed by atoms with E-state index in [0.29, 0.717) is 22.7 Å². The molecule has 0 spiro atoms. The van der Waals surface area contributed by atoms with Gasteiger partial charge in [-0.3, -0.25) is 4.98 Å². The maximum Gasteiger partial charge on any atom is 0.345 e. The van der Waals surface area contributed by atoms with E-state index in [1.54, 1.807) is 12.3 Å². The Hall–Kier alpha value is -2.85. The van der Waals surface area contributed by atoms with Crippen LogP contribution in [0.5, 0.6) is 5.75 Å². The zero-order chi connectivity index (χ0) is 19.3. The number of carbonyl (C=O) groups excluding carboxylic acids is 1. The SMILES string of the molecule is O=C(Oc1cccc2cccnc12)c1cn(CCCCCCl)c2ccccc12. The van der Waals surface area contributed by atoms with Crippen LogP contribution in [0, 0.1) is 0 Å². The molecule has 0 radical (unpaired) electrons. The number of aryl methyl sites for hydroxylation is 1. The van der Waals surface area contributed by atoms with Gasteiger partial charge in [0.05, 0.1) is 5.56 Å². The molecule has 4 rings (SSSR count). The van der Waals surface area contributed by atoms with Crippen molar-refractivity contribution in [1.82, 2.24) is 9.55 Å². The Bertz CT molecular complexity index is 1110. The number of hydrogen-bond donors (Lipinski definition) is 0. The molecule has 0 aliphatic carbocycles. The summed E-state index contributed by atoms with van der Waals surface area (Å²) in [7, 11) is 0. The van der Waals surface area contributed by atoms with E-state index in [1.165, 1.54) is 0 Å². The number of unbranched alkanes of at least 4 members (excludes halogenated alkanes) is 2. The highest BCUT2D eigenvalue weighted by Crippen LogP contribution is 2.27. The molecule has 0 bridgehead atoms. The minimum Gasteiger partial charge on any atom is -0.421 e. The molecule has 0 aliphatic heterocycles. The summed E-state index contributed by atoms with van der Waals surface area (Å²) < 4.78 is 7.87. The summed E-state index contributed by atoms with van der Waals surface area (Å²) in [6.07, 6.45) is 6.69. The third-order valence-electron chi connectivity index (χ3n) is 4.84. The van der Waals surface area contributed by atoms with Crippen LogP contribution in [0.25, 0.3) is 21.8 Å². The van der Waals surface area contributed by atoms with E-state index in [0.717, 1.165) is 42.1 Å². The van der Waals surface area contributed by atoms with Crippen LogP contribution in [0.15, 0.2) is 67.0 Å². The lowest BCUT2D eigenvalue weighted by Gasteiger charge is -2.06. The third-order valence-corrected chi connectivity index (χ3v) is 5.11. The molecule has 5 heteroatoms. The minimum atomic E-state index is -0.367. The molecule has 0 aliphatic rings. The smallest absolute Gasteiger partial charge is 0.345 e. The first kappa shape index (κ1) is 18.5. The van der Waals surface area contributed by atoms with Gasteiger partial charge in [0.25, 0.3) is 0 Å². The molecule has 0 N–H and O–H groups in total. The van der Waals surface area contributed by atoms with Gasteiger partial charge in [0.1, 0.15) is 5.52 Å². The molecular formula is C23H21ClN2O2. The number of esters is 1. The molecule has 0 unspecified atom stereocenters. The largest absolute Gasteiger partial charge is 0.421 e. The lowest BCUT2D eigenvalue weighted by atomic mass is 10.2. The molecule has 0 fully saturated rings. The van der Waals surface area contributed by atoms with E-state index in [-0.39, 0.29) is 5.97 Å². The first-order valence-corrected chi connectivity index (χ1v) is 10.0. The number of hydrogen-bond acceptors (Lipinski definition) is 3. The van der Waals surface area contributed by atoms with Crippen LogP contribution in [0.2, 0.25) is 0 Å². The van der Waals surface area contributed by atoms with E-state index >= 15 is 0 Å². The van der Waals surface area contributed by atoms with Crippen molar-refractivity contribution in [2.45, 2.75) is 25.8 Å². The van der Waals surface area contributed by atoms with Crippen LogP contribution < -0.4 is 4.74 Å². The molecule has 142 valence electrons. The van der Waals surface area contributed by atoms with Crippen LogP contribution in [0.4, 0.5) is 0 Å². The van der Waals surface area contributed by atoms with Gasteiger partial charge >= 0.3 is 5.97 Å². The van der Waals surface area contributed by atoms with Crippen molar-refractivity contribution in [2.24, 2.45) is 0 Å². The number of benzene rings is 2. The first-order valence-electron chi connectivity index (χ1n) is 9.47. The summed E-state index contributed by atoms with van der Waals surface area (Å²) in [6.45, 7) is 0.848. The fraction of sp³-hybridized carbons (Fsp3) is 0.217. The van der Waals surface area contributed by atoms with E-state index in [1.807, 2.05) is 54.7 Å². The van der Waals surface area contributed by atoms with Crippen molar-refractivity contribution in [2.75, 3.05) is 5.88 Å². The van der Waals surface area contributed by atoms with Crippen molar-refractivity contribution < 1.29 is 9.53 Å². The standard InChI is InChI=1S/C23H21ClN2O2/c24-13-4-1-5-15-26-16-19(18-10-2-3-11-20(18)26)23(27)28-21-12-6-8-17-9-7-14-25-22(17)21/h2-3,6-12,14,16H,1,4-5,13,15H2. The lowest BCUT2D eigenvalue weighted by molar-refractivity contribution is 0.0738. The number of nitrogens with zero attached hydrogens (tertiary/aromatic N) is 2. The average Bonchev–Trinajstić information content (AvgIpc) is 3.10. The molecule has 2 heterocycles. The summed E-state index contributed by atoms with van der Waals surface area (Å²) in [6, 6.07) is 17.3. The van der Waals surface area contributed by atoms with Crippen molar-refractivity contribution in [3.05, 3.63) is 72.6 Å². The monoisotopic (exact) mass is 392 g/mol. The average molecular weight is 393 g/mol. The highest BCUT2D eigenvalue weighted by Gasteiger charge is 2.18. The van der Waals surface area contributed by atoms with Gasteiger partial charge < -0.3 is 9.30 Å². The second-order valence-corrected chi connectivity index (χ2v) is 7.10. The van der Waals surface area contributed by atoms with E-state index in [9.17, 15) is 4.79 Å². The predicted octanol–water partition coefficient (Wildman–Crippen LogP) is 5.82. The van der Waals surface area contributed by atoms with Crippen LogP contribution in [0.3, 0.4) is 0 Å². The third kappa shape index (κ3) is 3.73. The fourth-order valence-electron chi connectivity index (χ4n) is 3.46. The summed E-state index contributed by atoms with van der Waals surface area (Å²) in [5.41, 5.74) is 2.29. The Morgan fingerprint density at radius 1 is 1.00 bits per heavy atom. The minimum absolute atomic E-state index is 0.367. The number of carbonyl (C=O) groups is 1. The number of alkyl halides is 1. The van der Waals surface area contributed by atoms with E-state index in [4.69, 9.17) is 16.3 Å². The summed E-state index contributed by atoms with van der Waals surface area (Å²) in [4.78, 5) is 17.3. The van der Waals surface area contributed by atoms with Crippen molar-refractivity contribution in [3.8, 4) is 5.75 Å². The predicted molar refractivity (Wildman–Crippen MR) is 113 cm³/mol. The van der Waals surface area contributed by atoms with Crippen molar-refractivity contribution >= 4 is 39.4 Å². The molecule has 0 saturated carbocycles. The normalized spacial score (nSPS) is 11.2. The first-order chi connectivity index (χ1) is 13.8. The number of para-hydroxylation sites is 2. The zero-order valence-electron chi connectivity index (χ0n) is 15.5. The summed E-state index contributed by atoms with van der Waals surface area (Å²) in [5, 5.41) is 1.84. The maximum absolute atomic E-state index is 13.0. The van der Waals surface area contributed by atoms with Gasteiger partial charge in [-0.25, -0.2) is 4.79 Å². The molecule has 0 saturated heterocycles. The highest BCUT2D eigenvalue weighted by molar-refractivity contribution is 6.17. The van der Waals surface area contributed by atoms with Gasteiger partial charge in [-0.05, 0) is 31.0 Å². The maximum atomic E-state index is 13.0. The van der Waals surface area contributed by atoms with Gasteiger partial charge in [-0.1, -0.05) is 42.8 Å². The molecule has 2 aromatic carbocycles. The molecule has 0 amide bonds. The number of ether oxygens (including phenoxy) is 1. The van der Waals surface area contributed by atoms with Gasteiger partial charge in [0.15, 0.2) is 5.75 Å². The van der Waals surface area contributed by atoms with Crippen LogP contribution in [-0.4, -0.2) is 21.4 Å². The van der Waals surface area contributed by atoms with Gasteiger partial charge in [-0.15, -0.1) is 11.6 Å². The van der Waals surface area contributed by atoms with Gasteiger partial charge in [0, 0.05) is 41.1 Å². The second-order valence-electron chi connectivity index (χ2n) is 6.72. The quantitative estimate of drug-likeness (QED) is 0.172. The summed E-state index contributed by atoms with van der Waals surface area (Å²) >= 11 is 5.77. The zero-order valence-corrected chi connectivity index (χ0v) is 16.2. The Morgan fingerprint density at radius 3 is 2.75 bits per heavy atom. The number of fused-ring (bicyclic) bond motifs is 2. The van der Waals surface area contributed by atoms with E-state index < -0.39 is 0 Å². The van der Waals surface area contributed by atoms with Gasteiger partial charge in [0.2, 0.25) is 0 Å². The Kier molecular flexibility index (Phi) is 5.58. The topological polar surface area (TPSA) is 44.1 Å². The highest BCUT2D eigenvalue weighted by atomic mass is 35.5. The number of pyridine rings is 1. The Balaban J connectivity index is 1.63. The van der Waals surface area contributed by atoms with Crippen molar-refractivity contribution in [3.63, 3.8) is 0 Å². The number of halogens is 1. The number of aromatic nitrogens is 2. The molecule has 4 nitrogen and oxygen atoms in total. The molecule has 28 heavy (non-hydrogen) atoms. The van der Waals surface area contributed by atoms with Crippen LogP contribution in [-0.2, 0) is 6.54 Å². The molecule has 4 aromatic rings. The van der Waals surface area contributed by atoms with Crippen LogP contribution >= 0.6 is 11.6 Å². The summed E-state index contributed by atoms with van der Waals surface area (Å²) in [5.74, 6) is 0.791. The Labute approximate surface area is 168 Å². The Morgan fingerprint density at radius 2 is 1.86 bits per heavy atom. The van der Waals surface area contributed by atoms with Crippen molar-refractivity contribution in [1.29, 1.82) is 0 Å². The molecular weight excluding hydrogens is 372 g/mol. The fourth-order valence-corrected chi connectivity index (χ4v) is 3.65. The van der Waals surface area contributed by atoms with Gasteiger partial charge in [-0.2, -0.15) is 0 Å². The lowest BCUT2D eigenvalue weighted by Crippen LogP contribution is -2.08. The molecule has 2 aromatic heterocycles. The number of rotatable bonds is 7. The molecule has 0 atom stereocenters. The second kappa shape index (κ2) is 8.44.